The molecular weight excluding hydrogens is 456 g/mol. The predicted molar refractivity (Wildman–Crippen MR) is 129 cm³/mol. The highest BCUT2D eigenvalue weighted by Crippen LogP contribution is 2.34. The Morgan fingerprint density at radius 3 is 2.09 bits per heavy atom. The van der Waals surface area contributed by atoms with Gasteiger partial charge in [0.15, 0.2) is 5.17 Å². The number of hydrogen-bond donors (Lipinski definition) is 0. The van der Waals surface area contributed by atoms with E-state index in [1.54, 1.807) is 73.8 Å². The van der Waals surface area contributed by atoms with Crippen LogP contribution in [0.1, 0.15) is 26.5 Å². The van der Waals surface area contributed by atoms with Crippen molar-refractivity contribution in [2.45, 2.75) is 0 Å². The maximum atomic E-state index is 12.7. The molecule has 34 heavy (non-hydrogen) atoms. The second-order valence-corrected chi connectivity index (χ2v) is 8.19. The highest BCUT2D eigenvalue weighted by atomic mass is 32.2. The van der Waals surface area contributed by atoms with Crippen LogP contribution in [0.25, 0.3) is 17.4 Å². The summed E-state index contributed by atoms with van der Waals surface area (Å²) in [4.78, 5) is 42.3. The fraction of sp³-hybridized carbons (Fsp3) is 0.120. The summed E-state index contributed by atoms with van der Waals surface area (Å²) in [6.45, 7) is 0. The molecule has 0 bridgehead atoms. The summed E-state index contributed by atoms with van der Waals surface area (Å²) in [5.74, 6) is 0.0836. The third-order valence-electron chi connectivity index (χ3n) is 5.01. The molecule has 3 aromatic rings. The molecule has 8 nitrogen and oxygen atoms in total. The number of amides is 1. The Kier molecular flexibility index (Phi) is 6.65. The first-order chi connectivity index (χ1) is 16.4. The number of likely N-dealkylation sites (N-methyl/N-ethyl adjacent to an activating group) is 1. The van der Waals surface area contributed by atoms with Crippen molar-refractivity contribution in [3.8, 4) is 11.3 Å². The molecule has 0 atom stereocenters. The number of amidine groups is 1. The molecule has 0 unspecified atom stereocenters. The lowest BCUT2D eigenvalue weighted by molar-refractivity contribution is -0.121. The van der Waals surface area contributed by atoms with E-state index >= 15 is 0 Å². The number of nitrogens with zero attached hydrogens (tertiary/aromatic N) is 2. The number of hydrogen-bond acceptors (Lipinski definition) is 8. The highest BCUT2D eigenvalue weighted by molar-refractivity contribution is 8.18. The fourth-order valence-corrected chi connectivity index (χ4v) is 4.12. The first kappa shape index (κ1) is 23.1. The summed E-state index contributed by atoms with van der Waals surface area (Å²) in [5, 5.41) is 0.507. The number of aliphatic imine (C=N–C) groups is 1. The molecule has 1 aliphatic heterocycles. The average molecular weight is 477 g/mol. The van der Waals surface area contributed by atoms with E-state index in [4.69, 9.17) is 13.9 Å². The van der Waals surface area contributed by atoms with Crippen molar-refractivity contribution in [3.63, 3.8) is 0 Å². The Morgan fingerprint density at radius 2 is 1.50 bits per heavy atom. The molecule has 2 aromatic carbocycles. The molecule has 1 amide bonds. The van der Waals surface area contributed by atoms with Gasteiger partial charge in [0.1, 0.15) is 11.5 Å². The number of thioether (sulfide) groups is 1. The lowest BCUT2D eigenvalue weighted by Crippen LogP contribution is -2.23. The van der Waals surface area contributed by atoms with Crippen molar-refractivity contribution in [1.82, 2.24) is 4.90 Å². The second-order valence-electron chi connectivity index (χ2n) is 7.18. The summed E-state index contributed by atoms with van der Waals surface area (Å²) in [5.41, 5.74) is 2.26. The van der Waals surface area contributed by atoms with Crippen molar-refractivity contribution in [3.05, 3.63) is 82.5 Å². The van der Waals surface area contributed by atoms with E-state index in [0.717, 1.165) is 5.56 Å². The van der Waals surface area contributed by atoms with Crippen molar-refractivity contribution in [2.24, 2.45) is 4.99 Å². The number of furan rings is 1. The fourth-order valence-electron chi connectivity index (χ4n) is 3.16. The topological polar surface area (TPSA) is 98.4 Å². The van der Waals surface area contributed by atoms with Gasteiger partial charge in [-0.1, -0.05) is 12.1 Å². The molecule has 0 aliphatic carbocycles. The molecule has 9 heteroatoms. The Labute approximate surface area is 199 Å². The lowest BCUT2D eigenvalue weighted by atomic mass is 10.1. The van der Waals surface area contributed by atoms with Gasteiger partial charge < -0.3 is 13.9 Å². The van der Waals surface area contributed by atoms with Gasteiger partial charge in [-0.05, 0) is 60.3 Å². The van der Waals surface area contributed by atoms with E-state index in [1.165, 1.54) is 30.9 Å². The zero-order valence-electron chi connectivity index (χ0n) is 18.6. The molecule has 0 radical (unpaired) electrons. The van der Waals surface area contributed by atoms with E-state index in [1.807, 2.05) is 0 Å². The molecule has 0 N–H and O–H groups in total. The normalized spacial score (nSPS) is 15.7. The molecule has 1 aliphatic rings. The van der Waals surface area contributed by atoms with Crippen LogP contribution in [0.4, 0.5) is 5.69 Å². The number of rotatable bonds is 5. The largest absolute Gasteiger partial charge is 0.465 e. The first-order valence-corrected chi connectivity index (χ1v) is 10.9. The molecule has 172 valence electrons. The standard InChI is InChI=1S/C25H20N2O6S/c1-27-22(28)21(34-25(27)26-18-10-8-17(9-11-18)24(30)32-3)14-19-12-13-20(33-19)15-4-6-16(7-5-15)23(29)31-2/h4-14H,1-3H3. The average Bonchev–Trinajstić information content (AvgIpc) is 3.44. The first-order valence-electron chi connectivity index (χ1n) is 10.1. The maximum absolute atomic E-state index is 12.7. The maximum Gasteiger partial charge on any atom is 0.337 e. The minimum atomic E-state index is -0.427. The summed E-state index contributed by atoms with van der Waals surface area (Å²) in [7, 11) is 4.30. The van der Waals surface area contributed by atoms with Crippen molar-refractivity contribution < 1.29 is 28.3 Å². The van der Waals surface area contributed by atoms with E-state index < -0.39 is 11.9 Å². The smallest absolute Gasteiger partial charge is 0.337 e. The van der Waals surface area contributed by atoms with Gasteiger partial charge in [-0.15, -0.1) is 0 Å². The third-order valence-corrected chi connectivity index (χ3v) is 6.07. The van der Waals surface area contributed by atoms with Crippen LogP contribution < -0.4 is 0 Å². The molecule has 2 heterocycles. The number of esters is 2. The number of carbonyl (C=O) groups excluding carboxylic acids is 3. The van der Waals surface area contributed by atoms with Crippen molar-refractivity contribution >= 4 is 46.5 Å². The van der Waals surface area contributed by atoms with Gasteiger partial charge in [0.05, 0.1) is 35.9 Å². The van der Waals surface area contributed by atoms with E-state index in [-0.39, 0.29) is 5.91 Å². The number of carbonyl (C=O) groups is 3. The van der Waals surface area contributed by atoms with Crippen LogP contribution in [-0.2, 0) is 14.3 Å². The van der Waals surface area contributed by atoms with Gasteiger partial charge in [0, 0.05) is 18.7 Å². The van der Waals surface area contributed by atoms with E-state index in [0.29, 0.717) is 38.4 Å². The van der Waals surface area contributed by atoms with Crippen LogP contribution >= 0.6 is 11.8 Å². The lowest BCUT2D eigenvalue weighted by Gasteiger charge is -2.07. The minimum absolute atomic E-state index is 0.199. The zero-order chi connectivity index (χ0) is 24.2. The summed E-state index contributed by atoms with van der Waals surface area (Å²) < 4.78 is 15.3. The van der Waals surface area contributed by atoms with Gasteiger partial charge in [0.2, 0.25) is 0 Å². The van der Waals surface area contributed by atoms with Crippen molar-refractivity contribution in [2.75, 3.05) is 21.3 Å². The Balaban J connectivity index is 1.51. The van der Waals surface area contributed by atoms with Crippen LogP contribution in [-0.4, -0.2) is 49.2 Å². The van der Waals surface area contributed by atoms with Gasteiger partial charge >= 0.3 is 11.9 Å². The SMILES string of the molecule is COC(=O)c1ccc(N=C2SC(=Cc3ccc(-c4ccc(C(=O)OC)cc4)o3)C(=O)N2C)cc1. The molecular formula is C25H20N2O6S. The number of methoxy groups -OCH3 is 2. The van der Waals surface area contributed by atoms with Gasteiger partial charge in [-0.2, -0.15) is 0 Å². The number of benzene rings is 2. The predicted octanol–water partition coefficient (Wildman–Crippen LogP) is 4.75. The van der Waals surface area contributed by atoms with Crippen LogP contribution in [0.2, 0.25) is 0 Å². The van der Waals surface area contributed by atoms with Gasteiger partial charge in [-0.3, -0.25) is 9.69 Å². The molecule has 1 aromatic heterocycles. The van der Waals surface area contributed by atoms with Crippen LogP contribution in [0.5, 0.6) is 0 Å². The zero-order valence-corrected chi connectivity index (χ0v) is 19.4. The molecule has 0 saturated carbocycles. The van der Waals surface area contributed by atoms with Crippen LogP contribution in [0.15, 0.2) is 75.0 Å². The Hall–Kier alpha value is -4.11. The van der Waals surface area contributed by atoms with E-state index in [9.17, 15) is 14.4 Å². The van der Waals surface area contributed by atoms with E-state index in [2.05, 4.69) is 4.99 Å². The number of ether oxygens (including phenoxy) is 2. The van der Waals surface area contributed by atoms with Gasteiger partial charge in [0.25, 0.3) is 5.91 Å². The monoisotopic (exact) mass is 476 g/mol. The van der Waals surface area contributed by atoms with Crippen LogP contribution in [0, 0.1) is 0 Å². The van der Waals surface area contributed by atoms with Crippen molar-refractivity contribution in [1.29, 1.82) is 0 Å². The second kappa shape index (κ2) is 9.80. The quantitative estimate of drug-likeness (QED) is 0.387. The Bertz CT molecular complexity index is 1310. The molecule has 1 fully saturated rings. The van der Waals surface area contributed by atoms with Gasteiger partial charge in [-0.25, -0.2) is 14.6 Å². The third kappa shape index (κ3) is 4.79. The Morgan fingerprint density at radius 1 is 0.912 bits per heavy atom. The summed E-state index contributed by atoms with van der Waals surface area (Å²) in [6, 6.07) is 17.0. The summed E-state index contributed by atoms with van der Waals surface area (Å²) >= 11 is 1.23. The minimum Gasteiger partial charge on any atom is -0.465 e. The molecule has 1 saturated heterocycles. The summed E-state index contributed by atoms with van der Waals surface area (Å²) in [6.07, 6.45) is 1.67. The molecule has 4 rings (SSSR count). The highest BCUT2D eigenvalue weighted by Gasteiger charge is 2.30. The molecule has 0 spiro atoms. The van der Waals surface area contributed by atoms with Crippen LogP contribution in [0.3, 0.4) is 0 Å².